The summed E-state index contributed by atoms with van der Waals surface area (Å²) >= 11 is 0. The lowest BCUT2D eigenvalue weighted by atomic mass is 9.84. The topological polar surface area (TPSA) is 174 Å². The number of rotatable bonds is 15. The normalized spacial score (nSPS) is 21.3. The molecule has 284 valence electrons. The Labute approximate surface area is 302 Å². The second-order valence-corrected chi connectivity index (χ2v) is 17.4. The Hall–Kier alpha value is -4.03. The predicted molar refractivity (Wildman–Crippen MR) is 198 cm³/mol. The number of hydrogen-bond acceptors (Lipinski definition) is 8. The molecule has 1 aliphatic heterocycles. The zero-order valence-corrected chi connectivity index (χ0v) is 32.6. The van der Waals surface area contributed by atoms with E-state index in [-0.39, 0.29) is 42.7 Å². The Kier molecular flexibility index (Phi) is 12.4. The van der Waals surface area contributed by atoms with Crippen LogP contribution in [0.25, 0.3) is 0 Å². The summed E-state index contributed by atoms with van der Waals surface area (Å²) in [6.07, 6.45) is 2.25. The number of amides is 5. The van der Waals surface area contributed by atoms with Crippen LogP contribution in [-0.2, 0) is 19.2 Å². The Balaban J connectivity index is 1.84. The van der Waals surface area contributed by atoms with Crippen molar-refractivity contribution in [1.29, 1.82) is 0 Å². The zero-order chi connectivity index (χ0) is 39.0. The van der Waals surface area contributed by atoms with Crippen LogP contribution in [-0.4, -0.2) is 85.3 Å². The molecule has 1 aromatic rings. The van der Waals surface area contributed by atoms with Crippen molar-refractivity contribution >= 4 is 35.2 Å². The number of nitrogens with one attached hydrogen (secondary N) is 4. The molecule has 0 bridgehead atoms. The van der Waals surface area contributed by atoms with Crippen LogP contribution in [0.5, 0.6) is 0 Å². The molecule has 13 heteroatoms. The number of urea groups is 1. The number of ketones is 1. The van der Waals surface area contributed by atoms with Gasteiger partial charge in [-0.3, -0.25) is 28.8 Å². The average Bonchev–Trinajstić information content (AvgIpc) is 3.32. The Bertz CT molecular complexity index is 1590. The number of anilines is 1. The molecule has 1 saturated carbocycles. The molecule has 51 heavy (non-hydrogen) atoms. The number of Topliss-reactive ketones (excluding diaryl/α,β-unsaturated/α-hetero) is 1. The van der Waals surface area contributed by atoms with Crippen LogP contribution in [0.2, 0.25) is 0 Å². The Morgan fingerprint density at radius 2 is 1.59 bits per heavy atom. The third-order valence-corrected chi connectivity index (χ3v) is 10.7. The predicted octanol–water partition coefficient (Wildman–Crippen LogP) is 2.61. The molecule has 2 aliphatic rings. The van der Waals surface area contributed by atoms with Crippen molar-refractivity contribution in [3.8, 4) is 0 Å². The highest BCUT2D eigenvalue weighted by atomic mass is 16.2. The molecule has 13 nitrogen and oxygen atoms in total. The summed E-state index contributed by atoms with van der Waals surface area (Å²) in [6.45, 7) is 25.2. The summed E-state index contributed by atoms with van der Waals surface area (Å²) in [6, 6.07) is -4.04. The summed E-state index contributed by atoms with van der Waals surface area (Å²) in [7, 11) is 1.72. The van der Waals surface area contributed by atoms with Crippen molar-refractivity contribution in [2.24, 2.45) is 28.1 Å². The molecule has 1 saturated heterocycles. The molecule has 1 aromatic carbocycles. The molecule has 4 N–H and O–H groups in total. The molecule has 1 aliphatic carbocycles. The molecule has 0 aromatic heterocycles. The average molecular weight is 713 g/mol. The van der Waals surface area contributed by atoms with Gasteiger partial charge in [0.1, 0.15) is 12.1 Å². The molecule has 2 fully saturated rings. The number of nitrogens with zero attached hydrogens (tertiary/aromatic N) is 2. The van der Waals surface area contributed by atoms with Crippen molar-refractivity contribution in [3.05, 3.63) is 38.7 Å². The molecule has 0 spiro atoms. The molecule has 5 amide bonds. The quantitative estimate of drug-likeness (QED) is 0.159. The van der Waals surface area contributed by atoms with Gasteiger partial charge in [-0.1, -0.05) is 88.7 Å². The van der Waals surface area contributed by atoms with Crippen LogP contribution in [0.3, 0.4) is 0 Å². The summed E-state index contributed by atoms with van der Waals surface area (Å²) in [5, 5.41) is 11.2. The van der Waals surface area contributed by atoms with Crippen LogP contribution in [0.4, 0.5) is 10.5 Å². The highest BCUT2D eigenvalue weighted by Gasteiger charge is 2.70. The van der Waals surface area contributed by atoms with Crippen molar-refractivity contribution in [2.45, 2.75) is 119 Å². The molecular formula is C38H60N6O7. The smallest absolute Gasteiger partial charge is 0.315 e. The van der Waals surface area contributed by atoms with Crippen molar-refractivity contribution in [2.75, 3.05) is 31.6 Å². The van der Waals surface area contributed by atoms with Crippen molar-refractivity contribution < 1.29 is 24.0 Å². The monoisotopic (exact) mass is 712 g/mol. The first-order chi connectivity index (χ1) is 23.4. The van der Waals surface area contributed by atoms with E-state index < -0.39 is 75.4 Å². The van der Waals surface area contributed by atoms with Gasteiger partial charge in [-0.2, -0.15) is 0 Å². The van der Waals surface area contributed by atoms with Gasteiger partial charge in [-0.25, -0.2) is 4.79 Å². The van der Waals surface area contributed by atoms with Gasteiger partial charge in [0.25, 0.3) is 5.91 Å². The summed E-state index contributed by atoms with van der Waals surface area (Å²) in [5.74, 6) is -2.72. The number of piperidine rings is 1. The van der Waals surface area contributed by atoms with Crippen LogP contribution < -0.4 is 37.0 Å². The van der Waals surface area contributed by atoms with Gasteiger partial charge in [0, 0.05) is 32.2 Å². The lowest BCUT2D eigenvalue weighted by molar-refractivity contribution is -0.145. The highest BCUT2D eigenvalue weighted by molar-refractivity contribution is 6.38. The third-order valence-electron chi connectivity index (χ3n) is 10.7. The second kappa shape index (κ2) is 15.3. The van der Waals surface area contributed by atoms with Gasteiger partial charge in [-0.15, -0.1) is 6.58 Å². The van der Waals surface area contributed by atoms with Gasteiger partial charge in [0.2, 0.25) is 28.5 Å². The lowest BCUT2D eigenvalue weighted by Crippen LogP contribution is -2.63. The number of carbonyl (C=O) groups is 5. The SMILES string of the molecule is C=CCNC(=O)C(=O)C(CCC)NC(=O)[C@@H]1[C@@H]2[C@H](CN1C(=O)[C@@H](NC(=O)N[C@H](CN(C)c1c(C(C)C)c(=O)c1=O)C(C)(C)C)C(C)(C)C)C2(C)C. The van der Waals surface area contributed by atoms with E-state index in [0.717, 1.165) is 0 Å². The standard InChI is InChI=1S/C38H60N6O7/c1-14-16-22(28(45)33(49)39-17-15-2)40-32(48)27-25-21(38(25,11)12)18-44(27)34(50)31(37(8,9)10)42-35(51)41-23(36(5,6)7)19-43(13)26-24(20(3)4)29(46)30(26)47/h15,20-23,25,27,31H,2,14,16-19H2,1,3-13H3,(H,39,49)(H,40,48)(H2,41,42,51)/t21-,22?,23+,25-,27-,31+/m0/s1. The largest absolute Gasteiger partial charge is 0.369 e. The van der Waals surface area contributed by atoms with Gasteiger partial charge in [-0.05, 0) is 40.4 Å². The Morgan fingerprint density at radius 1 is 0.980 bits per heavy atom. The number of likely N-dealkylation sites (N-methyl/N-ethyl adjacent to an activating group) is 1. The first kappa shape index (κ1) is 41.4. The summed E-state index contributed by atoms with van der Waals surface area (Å²) < 4.78 is 0. The van der Waals surface area contributed by atoms with Crippen LogP contribution >= 0.6 is 0 Å². The summed E-state index contributed by atoms with van der Waals surface area (Å²) in [5.41, 5.74) is -1.63. The fraction of sp³-hybridized carbons (Fsp3) is 0.711. The zero-order valence-electron chi connectivity index (χ0n) is 32.6. The van der Waals surface area contributed by atoms with E-state index in [1.807, 2.05) is 76.2 Å². The fourth-order valence-electron chi connectivity index (χ4n) is 7.40. The van der Waals surface area contributed by atoms with E-state index in [9.17, 15) is 33.6 Å². The van der Waals surface area contributed by atoms with E-state index >= 15 is 0 Å². The Morgan fingerprint density at radius 3 is 2.10 bits per heavy atom. The third kappa shape index (κ3) is 8.72. The first-order valence-electron chi connectivity index (χ1n) is 18.1. The van der Waals surface area contributed by atoms with E-state index in [1.54, 1.807) is 11.9 Å². The van der Waals surface area contributed by atoms with Gasteiger partial charge >= 0.3 is 6.03 Å². The molecule has 6 atom stereocenters. The minimum Gasteiger partial charge on any atom is -0.369 e. The van der Waals surface area contributed by atoms with Crippen molar-refractivity contribution in [1.82, 2.24) is 26.2 Å². The lowest BCUT2D eigenvalue weighted by Gasteiger charge is -2.39. The molecule has 1 heterocycles. The van der Waals surface area contributed by atoms with Gasteiger partial charge in [0.15, 0.2) is 0 Å². The first-order valence-corrected chi connectivity index (χ1v) is 18.1. The maximum Gasteiger partial charge on any atom is 0.315 e. The van der Waals surface area contributed by atoms with Crippen LogP contribution in [0, 0.1) is 28.1 Å². The van der Waals surface area contributed by atoms with E-state index in [0.29, 0.717) is 24.2 Å². The van der Waals surface area contributed by atoms with Gasteiger partial charge in [0.05, 0.1) is 17.8 Å². The van der Waals surface area contributed by atoms with E-state index in [2.05, 4.69) is 27.8 Å². The van der Waals surface area contributed by atoms with Gasteiger partial charge < -0.3 is 31.1 Å². The molecule has 0 radical (unpaired) electrons. The number of carbonyl (C=O) groups excluding carboxylic acids is 5. The van der Waals surface area contributed by atoms with Crippen LogP contribution in [0.1, 0.15) is 100 Å². The summed E-state index contributed by atoms with van der Waals surface area (Å²) in [4.78, 5) is 95.6. The van der Waals surface area contributed by atoms with E-state index in [4.69, 9.17) is 0 Å². The van der Waals surface area contributed by atoms with E-state index in [1.165, 1.54) is 11.0 Å². The second-order valence-electron chi connectivity index (χ2n) is 17.4. The molecule has 3 rings (SSSR count). The van der Waals surface area contributed by atoms with Crippen LogP contribution in [0.15, 0.2) is 22.2 Å². The fourth-order valence-corrected chi connectivity index (χ4v) is 7.40. The molecule has 1 unspecified atom stereocenters. The minimum atomic E-state index is -1.05. The highest BCUT2D eigenvalue weighted by Crippen LogP contribution is 2.65. The maximum absolute atomic E-state index is 14.4. The van der Waals surface area contributed by atoms with Crippen molar-refractivity contribution in [3.63, 3.8) is 0 Å². The number of hydrogen-bond donors (Lipinski definition) is 4. The molecular weight excluding hydrogens is 652 g/mol. The maximum atomic E-state index is 14.4. The minimum absolute atomic E-state index is 0.0507. The number of likely N-dealkylation sites (tertiary alicyclic amines) is 1. The number of fused-ring (bicyclic) bond motifs is 1.